The molecule has 0 spiro atoms. The molecule has 1 aliphatic heterocycles. The molecule has 0 radical (unpaired) electrons. The van der Waals surface area contributed by atoms with Gasteiger partial charge in [-0.3, -0.25) is 0 Å². The Morgan fingerprint density at radius 1 is 1.33 bits per heavy atom. The number of nitrogens with one attached hydrogen (secondary N) is 1. The Kier molecular flexibility index (Phi) is 6.81. The number of hydrogen-bond acceptors (Lipinski definition) is 2. The van der Waals surface area contributed by atoms with Crippen LogP contribution in [0.15, 0.2) is 18.2 Å². The average molecular weight is 329 g/mol. The Morgan fingerprint density at radius 3 is 2.81 bits per heavy atom. The van der Waals surface area contributed by atoms with Crippen molar-refractivity contribution in [2.45, 2.75) is 39.2 Å². The van der Waals surface area contributed by atoms with E-state index in [9.17, 15) is 0 Å². The van der Waals surface area contributed by atoms with E-state index >= 15 is 0 Å². The summed E-state index contributed by atoms with van der Waals surface area (Å²) in [7, 11) is 0. The van der Waals surface area contributed by atoms with Gasteiger partial charge in [-0.1, -0.05) is 55.6 Å². The molecule has 2 rings (SSSR count). The summed E-state index contributed by atoms with van der Waals surface area (Å²) in [6.45, 7) is 8.97. The number of rotatable bonds is 7. The summed E-state index contributed by atoms with van der Waals surface area (Å²) < 4.78 is 0. The highest BCUT2D eigenvalue weighted by Gasteiger charge is 2.22. The van der Waals surface area contributed by atoms with Crippen LogP contribution in [0.1, 0.15) is 44.7 Å². The molecular weight excluding hydrogens is 303 g/mol. The largest absolute Gasteiger partial charge is 0.310 e. The molecule has 0 bridgehead atoms. The Morgan fingerprint density at radius 2 is 2.14 bits per heavy atom. The van der Waals surface area contributed by atoms with Crippen LogP contribution in [0.2, 0.25) is 10.0 Å². The quantitative estimate of drug-likeness (QED) is 0.775. The normalized spacial score (nSPS) is 20.9. The van der Waals surface area contributed by atoms with Crippen LogP contribution in [-0.2, 0) is 0 Å². The maximum atomic E-state index is 6.38. The summed E-state index contributed by atoms with van der Waals surface area (Å²) in [5.74, 6) is 0.886. The fourth-order valence-electron chi connectivity index (χ4n) is 3.16. The molecule has 1 heterocycles. The van der Waals surface area contributed by atoms with Gasteiger partial charge in [0, 0.05) is 12.6 Å². The van der Waals surface area contributed by atoms with E-state index < -0.39 is 0 Å². The topological polar surface area (TPSA) is 15.3 Å². The van der Waals surface area contributed by atoms with E-state index in [1.807, 2.05) is 12.1 Å². The second kappa shape index (κ2) is 8.38. The lowest BCUT2D eigenvalue weighted by atomic mass is 10.0. The van der Waals surface area contributed by atoms with Crippen molar-refractivity contribution in [3.63, 3.8) is 0 Å². The first kappa shape index (κ1) is 17.1. The minimum absolute atomic E-state index is 0.280. The fraction of sp³-hybridized carbons (Fsp3) is 0.647. The molecule has 2 unspecified atom stereocenters. The highest BCUT2D eigenvalue weighted by molar-refractivity contribution is 6.42. The maximum absolute atomic E-state index is 6.38. The van der Waals surface area contributed by atoms with E-state index in [4.69, 9.17) is 23.2 Å². The van der Waals surface area contributed by atoms with Gasteiger partial charge in [0.25, 0.3) is 0 Å². The Balaban J connectivity index is 1.98. The zero-order valence-electron chi connectivity index (χ0n) is 13.0. The third kappa shape index (κ3) is 4.59. The molecular formula is C17H26Cl2N2. The van der Waals surface area contributed by atoms with Crippen molar-refractivity contribution in [2.24, 2.45) is 5.92 Å². The van der Waals surface area contributed by atoms with Crippen molar-refractivity contribution >= 4 is 23.2 Å². The molecule has 1 aliphatic rings. The first-order chi connectivity index (χ1) is 10.2. The standard InChI is InChI=1S/C17H26Cl2N2/c1-3-13-8-10-21(12-13)11-9-16(20-4-2)14-6-5-7-15(18)17(14)19/h5-7,13,16,20H,3-4,8-12H2,1-2H3. The summed E-state index contributed by atoms with van der Waals surface area (Å²) in [5.41, 5.74) is 1.12. The number of hydrogen-bond donors (Lipinski definition) is 1. The summed E-state index contributed by atoms with van der Waals surface area (Å²) in [6.07, 6.45) is 3.72. The number of likely N-dealkylation sites (tertiary alicyclic amines) is 1. The Bertz CT molecular complexity index is 450. The van der Waals surface area contributed by atoms with Crippen LogP contribution in [-0.4, -0.2) is 31.1 Å². The SMILES string of the molecule is CCNC(CCN1CCC(CC)C1)c1cccc(Cl)c1Cl. The van der Waals surface area contributed by atoms with Crippen molar-refractivity contribution in [3.8, 4) is 0 Å². The minimum Gasteiger partial charge on any atom is -0.310 e. The molecule has 1 aromatic carbocycles. The number of halogens is 2. The van der Waals surface area contributed by atoms with Gasteiger partial charge in [-0.25, -0.2) is 0 Å². The highest BCUT2D eigenvalue weighted by atomic mass is 35.5. The first-order valence-electron chi connectivity index (χ1n) is 8.05. The van der Waals surface area contributed by atoms with E-state index in [0.29, 0.717) is 10.0 Å². The summed E-state index contributed by atoms with van der Waals surface area (Å²) in [6, 6.07) is 6.20. The molecule has 4 heteroatoms. The molecule has 1 N–H and O–H groups in total. The van der Waals surface area contributed by atoms with E-state index in [1.165, 1.54) is 25.9 Å². The van der Waals surface area contributed by atoms with Crippen molar-refractivity contribution in [2.75, 3.05) is 26.2 Å². The molecule has 1 saturated heterocycles. The molecule has 0 amide bonds. The van der Waals surface area contributed by atoms with Gasteiger partial charge >= 0.3 is 0 Å². The lowest BCUT2D eigenvalue weighted by Crippen LogP contribution is -2.28. The Hall–Kier alpha value is -0.280. The lowest BCUT2D eigenvalue weighted by Gasteiger charge is -2.23. The lowest BCUT2D eigenvalue weighted by molar-refractivity contribution is 0.299. The second-order valence-electron chi connectivity index (χ2n) is 5.91. The molecule has 2 atom stereocenters. The predicted octanol–water partition coefficient (Wildman–Crippen LogP) is 4.77. The number of benzene rings is 1. The fourth-order valence-corrected chi connectivity index (χ4v) is 3.60. The minimum atomic E-state index is 0.280. The molecule has 0 aromatic heterocycles. The summed E-state index contributed by atoms with van der Waals surface area (Å²) in [4.78, 5) is 2.58. The van der Waals surface area contributed by atoms with E-state index in [1.54, 1.807) is 0 Å². The molecule has 21 heavy (non-hydrogen) atoms. The predicted molar refractivity (Wildman–Crippen MR) is 92.3 cm³/mol. The van der Waals surface area contributed by atoms with Gasteiger partial charge in [0.05, 0.1) is 10.0 Å². The van der Waals surface area contributed by atoms with Gasteiger partial charge in [0.1, 0.15) is 0 Å². The van der Waals surface area contributed by atoms with Crippen molar-refractivity contribution < 1.29 is 0 Å². The van der Waals surface area contributed by atoms with Crippen LogP contribution in [0.3, 0.4) is 0 Å². The van der Waals surface area contributed by atoms with E-state index in [0.717, 1.165) is 31.0 Å². The van der Waals surface area contributed by atoms with Gasteiger partial charge < -0.3 is 10.2 Å². The molecule has 118 valence electrons. The van der Waals surface area contributed by atoms with Gasteiger partial charge in [-0.15, -0.1) is 0 Å². The van der Waals surface area contributed by atoms with Crippen LogP contribution >= 0.6 is 23.2 Å². The molecule has 0 saturated carbocycles. The van der Waals surface area contributed by atoms with Crippen LogP contribution in [0.4, 0.5) is 0 Å². The van der Waals surface area contributed by atoms with Gasteiger partial charge in [-0.05, 0) is 50.0 Å². The van der Waals surface area contributed by atoms with Gasteiger partial charge in [-0.2, -0.15) is 0 Å². The average Bonchev–Trinajstić information content (AvgIpc) is 2.95. The van der Waals surface area contributed by atoms with Crippen LogP contribution < -0.4 is 5.32 Å². The summed E-state index contributed by atoms with van der Waals surface area (Å²) >= 11 is 12.5. The molecule has 1 fully saturated rings. The van der Waals surface area contributed by atoms with Crippen molar-refractivity contribution in [1.82, 2.24) is 10.2 Å². The van der Waals surface area contributed by atoms with E-state index in [-0.39, 0.29) is 6.04 Å². The zero-order chi connectivity index (χ0) is 15.2. The monoisotopic (exact) mass is 328 g/mol. The third-order valence-electron chi connectivity index (χ3n) is 4.49. The maximum Gasteiger partial charge on any atom is 0.0640 e. The van der Waals surface area contributed by atoms with Crippen molar-refractivity contribution in [1.29, 1.82) is 0 Å². The summed E-state index contributed by atoms with van der Waals surface area (Å²) in [5, 5.41) is 4.88. The Labute approximate surface area is 138 Å². The smallest absolute Gasteiger partial charge is 0.0640 e. The van der Waals surface area contributed by atoms with E-state index in [2.05, 4.69) is 30.1 Å². The number of nitrogens with zero attached hydrogens (tertiary/aromatic N) is 1. The molecule has 0 aliphatic carbocycles. The zero-order valence-corrected chi connectivity index (χ0v) is 14.6. The first-order valence-corrected chi connectivity index (χ1v) is 8.80. The second-order valence-corrected chi connectivity index (χ2v) is 6.69. The van der Waals surface area contributed by atoms with Crippen LogP contribution in [0, 0.1) is 5.92 Å². The molecule has 2 nitrogen and oxygen atoms in total. The highest BCUT2D eigenvalue weighted by Crippen LogP contribution is 2.32. The van der Waals surface area contributed by atoms with Gasteiger partial charge in [0.15, 0.2) is 0 Å². The molecule has 1 aromatic rings. The van der Waals surface area contributed by atoms with Gasteiger partial charge in [0.2, 0.25) is 0 Å². The third-order valence-corrected chi connectivity index (χ3v) is 5.32. The van der Waals surface area contributed by atoms with Crippen molar-refractivity contribution in [3.05, 3.63) is 33.8 Å². The van der Waals surface area contributed by atoms with Crippen LogP contribution in [0.25, 0.3) is 0 Å². The van der Waals surface area contributed by atoms with Crippen LogP contribution in [0.5, 0.6) is 0 Å².